The van der Waals surface area contributed by atoms with Crippen LogP contribution in [0.3, 0.4) is 0 Å². The van der Waals surface area contributed by atoms with Crippen molar-refractivity contribution in [2.24, 2.45) is 4.99 Å². The van der Waals surface area contributed by atoms with Crippen LogP contribution in [-0.4, -0.2) is 41.7 Å². The van der Waals surface area contributed by atoms with Crippen LogP contribution in [0.25, 0.3) is 0 Å². The maximum Gasteiger partial charge on any atom is 0.191 e. The van der Waals surface area contributed by atoms with E-state index in [2.05, 4.69) is 76.8 Å². The molecule has 0 amide bonds. The first kappa shape index (κ1) is 23.7. The Morgan fingerprint density at radius 3 is 2.59 bits per heavy atom. The van der Waals surface area contributed by atoms with Gasteiger partial charge in [0, 0.05) is 38.3 Å². The van der Waals surface area contributed by atoms with Gasteiger partial charge in [-0.25, -0.2) is 4.99 Å². The van der Waals surface area contributed by atoms with Crippen molar-refractivity contribution < 1.29 is 4.52 Å². The zero-order valence-corrected chi connectivity index (χ0v) is 20.1. The molecule has 1 aromatic heterocycles. The Hall–Kier alpha value is -1.61. The molecule has 2 heterocycles. The first-order valence-electron chi connectivity index (χ1n) is 10.4. The van der Waals surface area contributed by atoms with Crippen molar-refractivity contribution in [3.8, 4) is 0 Å². The highest BCUT2D eigenvalue weighted by atomic mass is 127. The predicted octanol–water partition coefficient (Wildman–Crippen LogP) is 4.14. The van der Waals surface area contributed by atoms with Crippen LogP contribution in [0, 0.1) is 0 Å². The molecule has 0 radical (unpaired) electrons. The molecule has 0 unspecified atom stereocenters. The Labute approximate surface area is 191 Å². The zero-order valence-electron chi connectivity index (χ0n) is 17.7. The van der Waals surface area contributed by atoms with E-state index in [0.29, 0.717) is 18.5 Å². The minimum Gasteiger partial charge on any atom is -0.359 e. The van der Waals surface area contributed by atoms with Crippen LogP contribution in [-0.2, 0) is 13.1 Å². The number of likely N-dealkylation sites (tertiary alicyclic amines) is 1. The van der Waals surface area contributed by atoms with Crippen molar-refractivity contribution in [1.82, 2.24) is 20.7 Å². The number of nitrogens with zero attached hydrogens (tertiary/aromatic N) is 3. The van der Waals surface area contributed by atoms with Gasteiger partial charge in [0.05, 0.1) is 5.69 Å². The number of nitrogens with one attached hydrogen (secondary N) is 2. The molecule has 0 saturated carbocycles. The summed E-state index contributed by atoms with van der Waals surface area (Å²) in [5, 5.41) is 11.0. The van der Waals surface area contributed by atoms with Crippen LogP contribution in [0.2, 0.25) is 0 Å². The fraction of sp³-hybridized carbons (Fsp3) is 0.545. The monoisotopic (exact) mass is 511 g/mol. The highest BCUT2D eigenvalue weighted by molar-refractivity contribution is 14.0. The summed E-state index contributed by atoms with van der Waals surface area (Å²) in [4.78, 5) is 7.21. The first-order chi connectivity index (χ1) is 13.6. The normalized spacial score (nSPS) is 15.9. The number of piperidine rings is 1. The number of guanidine groups is 1. The van der Waals surface area contributed by atoms with Crippen molar-refractivity contribution >= 4 is 29.9 Å². The van der Waals surface area contributed by atoms with E-state index in [9.17, 15) is 0 Å². The molecule has 1 saturated heterocycles. The molecule has 2 aromatic rings. The lowest BCUT2D eigenvalue weighted by Crippen LogP contribution is -2.48. The molecule has 0 aliphatic carbocycles. The van der Waals surface area contributed by atoms with Gasteiger partial charge in [0.2, 0.25) is 0 Å². The molecule has 6 nitrogen and oxygen atoms in total. The van der Waals surface area contributed by atoms with Crippen LogP contribution in [0.4, 0.5) is 0 Å². The van der Waals surface area contributed by atoms with E-state index < -0.39 is 0 Å². The van der Waals surface area contributed by atoms with Crippen LogP contribution in [0.5, 0.6) is 0 Å². The van der Waals surface area contributed by atoms with Gasteiger partial charge >= 0.3 is 0 Å². The third-order valence-electron chi connectivity index (χ3n) is 5.08. The van der Waals surface area contributed by atoms with Gasteiger partial charge in [-0.1, -0.05) is 49.3 Å². The second kappa shape index (κ2) is 12.2. The molecular weight excluding hydrogens is 477 g/mol. The van der Waals surface area contributed by atoms with Gasteiger partial charge in [-0.05, 0) is 31.2 Å². The van der Waals surface area contributed by atoms with E-state index >= 15 is 0 Å². The summed E-state index contributed by atoms with van der Waals surface area (Å²) in [6, 6.07) is 13.2. The Morgan fingerprint density at radius 2 is 1.97 bits per heavy atom. The average Bonchev–Trinajstić information content (AvgIpc) is 3.18. The summed E-state index contributed by atoms with van der Waals surface area (Å²) >= 11 is 0. The van der Waals surface area contributed by atoms with Gasteiger partial charge in [-0.15, -0.1) is 24.0 Å². The maximum absolute atomic E-state index is 5.40. The average molecular weight is 511 g/mol. The van der Waals surface area contributed by atoms with Gasteiger partial charge in [0.15, 0.2) is 11.7 Å². The molecule has 0 spiro atoms. The number of aliphatic imine (C=N–C) groups is 1. The Morgan fingerprint density at radius 1 is 1.24 bits per heavy atom. The Kier molecular flexibility index (Phi) is 9.93. The van der Waals surface area contributed by atoms with Gasteiger partial charge < -0.3 is 15.2 Å². The van der Waals surface area contributed by atoms with Crippen molar-refractivity contribution in [2.45, 2.75) is 58.7 Å². The Balaban J connectivity index is 0.00000300. The largest absolute Gasteiger partial charge is 0.359 e. The first-order valence-corrected chi connectivity index (χ1v) is 10.4. The van der Waals surface area contributed by atoms with Gasteiger partial charge in [-0.3, -0.25) is 4.90 Å². The minimum absolute atomic E-state index is 0. The number of aromatic nitrogens is 1. The molecular formula is C22H34IN5O. The van der Waals surface area contributed by atoms with Crippen LogP contribution in [0.1, 0.15) is 56.5 Å². The summed E-state index contributed by atoms with van der Waals surface area (Å²) in [7, 11) is 0. The summed E-state index contributed by atoms with van der Waals surface area (Å²) in [5.74, 6) is 2.03. The molecule has 1 aromatic carbocycles. The molecule has 2 N–H and O–H groups in total. The lowest BCUT2D eigenvalue weighted by atomic mass is 10.0. The van der Waals surface area contributed by atoms with Crippen molar-refractivity contribution in [2.75, 3.05) is 19.6 Å². The standard InChI is InChI=1S/C22H33N5O.HI/c1-4-23-22(24-15-20-14-21(17(2)3)26-28-20)25-19-10-12-27(13-11-19)16-18-8-6-5-7-9-18;/h5-9,14,17,19H,4,10-13,15-16H2,1-3H3,(H2,23,24,25);1H. The molecule has 29 heavy (non-hydrogen) atoms. The topological polar surface area (TPSA) is 65.7 Å². The number of hydrogen-bond donors (Lipinski definition) is 2. The van der Waals surface area contributed by atoms with Crippen molar-refractivity contribution in [3.63, 3.8) is 0 Å². The van der Waals surface area contributed by atoms with Crippen molar-refractivity contribution in [3.05, 3.63) is 53.4 Å². The van der Waals surface area contributed by atoms with Gasteiger partial charge in [0.1, 0.15) is 6.54 Å². The SMILES string of the molecule is CCNC(=NCc1cc(C(C)C)no1)NC1CCN(Cc2ccccc2)CC1.I. The van der Waals surface area contributed by atoms with E-state index in [0.717, 1.165) is 56.4 Å². The lowest BCUT2D eigenvalue weighted by Gasteiger charge is -2.33. The maximum atomic E-state index is 5.40. The van der Waals surface area contributed by atoms with E-state index in [1.54, 1.807) is 0 Å². The van der Waals surface area contributed by atoms with Crippen LogP contribution >= 0.6 is 24.0 Å². The quantitative estimate of drug-likeness (QED) is 0.333. The smallest absolute Gasteiger partial charge is 0.191 e. The highest BCUT2D eigenvalue weighted by Crippen LogP contribution is 2.15. The summed E-state index contributed by atoms with van der Waals surface area (Å²) in [5.41, 5.74) is 2.37. The fourth-order valence-electron chi connectivity index (χ4n) is 3.42. The zero-order chi connectivity index (χ0) is 19.8. The second-order valence-electron chi connectivity index (χ2n) is 7.75. The van der Waals surface area contributed by atoms with Crippen LogP contribution in [0.15, 0.2) is 45.9 Å². The van der Waals surface area contributed by atoms with E-state index in [-0.39, 0.29) is 24.0 Å². The lowest BCUT2D eigenvalue weighted by molar-refractivity contribution is 0.198. The molecule has 7 heteroatoms. The molecule has 3 rings (SSSR count). The van der Waals surface area contributed by atoms with E-state index in [4.69, 9.17) is 4.52 Å². The van der Waals surface area contributed by atoms with Crippen molar-refractivity contribution in [1.29, 1.82) is 0 Å². The molecule has 160 valence electrons. The summed E-state index contributed by atoms with van der Waals surface area (Å²) in [6.45, 7) is 10.9. The highest BCUT2D eigenvalue weighted by Gasteiger charge is 2.20. The number of rotatable bonds is 7. The number of halogens is 1. The molecule has 0 atom stereocenters. The molecule has 1 aliphatic rings. The van der Waals surface area contributed by atoms with Gasteiger partial charge in [-0.2, -0.15) is 0 Å². The van der Waals surface area contributed by atoms with E-state index in [1.807, 2.05) is 6.07 Å². The number of benzene rings is 1. The third-order valence-corrected chi connectivity index (χ3v) is 5.08. The third kappa shape index (κ3) is 7.62. The van der Waals surface area contributed by atoms with Gasteiger partial charge in [0.25, 0.3) is 0 Å². The summed E-state index contributed by atoms with van der Waals surface area (Å²) < 4.78 is 5.40. The molecule has 1 aliphatic heterocycles. The summed E-state index contributed by atoms with van der Waals surface area (Å²) in [6.07, 6.45) is 2.24. The van der Waals surface area contributed by atoms with E-state index in [1.165, 1.54) is 5.56 Å². The second-order valence-corrected chi connectivity index (χ2v) is 7.75. The number of hydrogen-bond acceptors (Lipinski definition) is 4. The van der Waals surface area contributed by atoms with Crippen LogP contribution < -0.4 is 10.6 Å². The Bertz CT molecular complexity index is 739. The molecule has 0 bridgehead atoms. The fourth-order valence-corrected chi connectivity index (χ4v) is 3.42. The minimum atomic E-state index is 0. The molecule has 1 fully saturated rings. The predicted molar refractivity (Wildman–Crippen MR) is 129 cm³/mol.